The summed E-state index contributed by atoms with van der Waals surface area (Å²) in [7, 11) is 0. The van der Waals surface area contributed by atoms with Crippen molar-refractivity contribution in [2.24, 2.45) is 5.41 Å². The van der Waals surface area contributed by atoms with Gasteiger partial charge in [0.25, 0.3) is 0 Å². The molecule has 1 heterocycles. The second-order valence-electron chi connectivity index (χ2n) is 7.35. The van der Waals surface area contributed by atoms with E-state index in [2.05, 4.69) is 19.2 Å². The van der Waals surface area contributed by atoms with Gasteiger partial charge in [-0.15, -0.1) is 0 Å². The molecule has 0 spiro atoms. The lowest BCUT2D eigenvalue weighted by atomic mass is 9.75. The number of hydrogen-bond donors (Lipinski definition) is 2. The van der Waals surface area contributed by atoms with E-state index >= 15 is 0 Å². The van der Waals surface area contributed by atoms with Crippen LogP contribution >= 0.6 is 0 Å². The molecule has 21 heavy (non-hydrogen) atoms. The average Bonchev–Trinajstić information content (AvgIpc) is 2.82. The second kappa shape index (κ2) is 5.85. The molecule has 0 aromatic carbocycles. The summed E-state index contributed by atoms with van der Waals surface area (Å²) in [5.74, 6) is -0.873. The molecule has 2 aliphatic rings. The SMILES string of the molecule is CCC1(C(=O)O)CCCN1C(=O)NC1CCCC(C)(C)C1. The molecule has 0 aromatic rings. The zero-order chi connectivity index (χ0) is 15.7. The van der Waals surface area contributed by atoms with Crippen LogP contribution in [-0.4, -0.2) is 40.1 Å². The van der Waals surface area contributed by atoms with Gasteiger partial charge < -0.3 is 15.3 Å². The molecule has 120 valence electrons. The first-order valence-electron chi connectivity index (χ1n) is 8.12. The molecule has 0 radical (unpaired) electrons. The van der Waals surface area contributed by atoms with Crippen molar-refractivity contribution in [3.05, 3.63) is 0 Å². The number of hydrogen-bond acceptors (Lipinski definition) is 2. The zero-order valence-corrected chi connectivity index (χ0v) is 13.4. The second-order valence-corrected chi connectivity index (χ2v) is 7.35. The maximum absolute atomic E-state index is 12.6. The van der Waals surface area contributed by atoms with Crippen molar-refractivity contribution in [2.75, 3.05) is 6.54 Å². The van der Waals surface area contributed by atoms with Crippen molar-refractivity contribution in [2.45, 2.75) is 77.3 Å². The molecule has 5 nitrogen and oxygen atoms in total. The fourth-order valence-electron chi connectivity index (χ4n) is 3.99. The molecule has 5 heteroatoms. The van der Waals surface area contributed by atoms with E-state index in [9.17, 15) is 14.7 Å². The molecule has 2 N–H and O–H groups in total. The highest BCUT2D eigenvalue weighted by molar-refractivity contribution is 5.87. The lowest BCUT2D eigenvalue weighted by Gasteiger charge is -2.38. The standard InChI is InChI=1S/C16H28N2O3/c1-4-16(13(19)20)9-6-10-18(16)14(21)17-12-7-5-8-15(2,3)11-12/h12H,4-11H2,1-3H3,(H,17,21)(H,19,20). The molecule has 1 saturated heterocycles. The summed E-state index contributed by atoms with van der Waals surface area (Å²) in [4.78, 5) is 25.8. The van der Waals surface area contributed by atoms with Crippen LogP contribution in [0.25, 0.3) is 0 Å². The molecule has 0 aromatic heterocycles. The van der Waals surface area contributed by atoms with Gasteiger partial charge in [-0.3, -0.25) is 0 Å². The normalized spacial score (nSPS) is 32.0. The zero-order valence-electron chi connectivity index (χ0n) is 13.4. The summed E-state index contributed by atoms with van der Waals surface area (Å²) in [6.07, 6.45) is 6.07. The number of carboxylic acid groups (broad SMARTS) is 1. The number of nitrogens with one attached hydrogen (secondary N) is 1. The molecular formula is C16H28N2O3. The average molecular weight is 296 g/mol. The first-order chi connectivity index (χ1) is 9.81. The highest BCUT2D eigenvalue weighted by atomic mass is 16.4. The molecule has 0 bridgehead atoms. The third-order valence-corrected chi connectivity index (χ3v) is 5.25. The number of carboxylic acids is 1. The Morgan fingerprint density at radius 3 is 2.57 bits per heavy atom. The fourth-order valence-corrected chi connectivity index (χ4v) is 3.99. The Morgan fingerprint density at radius 2 is 2.00 bits per heavy atom. The molecule has 2 amide bonds. The number of aliphatic carboxylic acids is 1. The van der Waals surface area contributed by atoms with Crippen molar-refractivity contribution in [3.63, 3.8) is 0 Å². The van der Waals surface area contributed by atoms with Crippen molar-refractivity contribution in [1.29, 1.82) is 0 Å². The van der Waals surface area contributed by atoms with Crippen molar-refractivity contribution in [3.8, 4) is 0 Å². The fraction of sp³-hybridized carbons (Fsp3) is 0.875. The molecule has 1 aliphatic carbocycles. The quantitative estimate of drug-likeness (QED) is 0.841. The summed E-state index contributed by atoms with van der Waals surface area (Å²) >= 11 is 0. The monoisotopic (exact) mass is 296 g/mol. The van der Waals surface area contributed by atoms with Gasteiger partial charge in [0, 0.05) is 12.6 Å². The van der Waals surface area contributed by atoms with Crippen molar-refractivity contribution in [1.82, 2.24) is 10.2 Å². The number of carbonyl (C=O) groups excluding carboxylic acids is 1. The van der Waals surface area contributed by atoms with Gasteiger partial charge in [-0.05, 0) is 43.9 Å². The van der Waals surface area contributed by atoms with Gasteiger partial charge in [-0.2, -0.15) is 0 Å². The van der Waals surface area contributed by atoms with Gasteiger partial charge >= 0.3 is 12.0 Å². The Morgan fingerprint density at radius 1 is 1.29 bits per heavy atom. The van der Waals surface area contributed by atoms with E-state index in [0.29, 0.717) is 19.4 Å². The minimum absolute atomic E-state index is 0.171. The van der Waals surface area contributed by atoms with Crippen LogP contribution in [0.2, 0.25) is 0 Å². The number of nitrogens with zero attached hydrogens (tertiary/aromatic N) is 1. The van der Waals surface area contributed by atoms with Gasteiger partial charge in [0.05, 0.1) is 0 Å². The van der Waals surface area contributed by atoms with E-state index < -0.39 is 11.5 Å². The largest absolute Gasteiger partial charge is 0.479 e. The van der Waals surface area contributed by atoms with E-state index in [-0.39, 0.29) is 17.5 Å². The van der Waals surface area contributed by atoms with E-state index in [4.69, 9.17) is 0 Å². The number of carbonyl (C=O) groups is 2. The molecule has 2 fully saturated rings. The number of rotatable bonds is 3. The van der Waals surface area contributed by atoms with Gasteiger partial charge in [0.2, 0.25) is 0 Å². The van der Waals surface area contributed by atoms with Crippen LogP contribution in [0.5, 0.6) is 0 Å². The Kier molecular flexibility index (Phi) is 4.49. The Balaban J connectivity index is 2.04. The number of urea groups is 1. The van der Waals surface area contributed by atoms with Gasteiger partial charge in [-0.1, -0.05) is 27.2 Å². The number of amides is 2. The highest BCUT2D eigenvalue weighted by Gasteiger charge is 2.49. The van der Waals surface area contributed by atoms with Crippen LogP contribution in [0.15, 0.2) is 0 Å². The first kappa shape index (κ1) is 16.1. The maximum Gasteiger partial charge on any atom is 0.329 e. The van der Waals surface area contributed by atoms with E-state index in [1.54, 1.807) is 4.90 Å². The Bertz CT molecular complexity index is 422. The smallest absolute Gasteiger partial charge is 0.329 e. The Hall–Kier alpha value is -1.26. The van der Waals surface area contributed by atoms with Gasteiger partial charge in [0.1, 0.15) is 5.54 Å². The van der Waals surface area contributed by atoms with Crippen LogP contribution in [0.3, 0.4) is 0 Å². The predicted octanol–water partition coefficient (Wildman–Crippen LogP) is 2.99. The van der Waals surface area contributed by atoms with Crippen LogP contribution in [0, 0.1) is 5.41 Å². The molecule has 2 unspecified atom stereocenters. The summed E-state index contributed by atoms with van der Waals surface area (Å²) in [6.45, 7) is 6.86. The predicted molar refractivity (Wildman–Crippen MR) is 81.2 cm³/mol. The highest BCUT2D eigenvalue weighted by Crippen LogP contribution is 2.36. The van der Waals surface area contributed by atoms with Gasteiger partial charge in [0.15, 0.2) is 0 Å². The van der Waals surface area contributed by atoms with Crippen LogP contribution < -0.4 is 5.32 Å². The number of likely N-dealkylation sites (tertiary alicyclic amines) is 1. The third-order valence-electron chi connectivity index (χ3n) is 5.25. The van der Waals surface area contributed by atoms with E-state index in [1.165, 1.54) is 6.42 Å². The van der Waals surface area contributed by atoms with Crippen molar-refractivity contribution < 1.29 is 14.7 Å². The lowest BCUT2D eigenvalue weighted by molar-refractivity contribution is -0.148. The summed E-state index contributed by atoms with van der Waals surface area (Å²) < 4.78 is 0. The topological polar surface area (TPSA) is 69.6 Å². The molecule has 2 rings (SSSR count). The lowest BCUT2D eigenvalue weighted by Crippen LogP contribution is -2.57. The molecule has 1 saturated carbocycles. The van der Waals surface area contributed by atoms with Crippen LogP contribution in [0.4, 0.5) is 4.79 Å². The molecule has 1 aliphatic heterocycles. The molecule has 2 atom stereocenters. The summed E-state index contributed by atoms with van der Waals surface area (Å²) in [5.41, 5.74) is -0.746. The van der Waals surface area contributed by atoms with Gasteiger partial charge in [-0.25, -0.2) is 9.59 Å². The third kappa shape index (κ3) is 3.16. The maximum atomic E-state index is 12.6. The minimum atomic E-state index is -1.01. The minimum Gasteiger partial charge on any atom is -0.479 e. The van der Waals surface area contributed by atoms with Crippen LogP contribution in [-0.2, 0) is 4.79 Å². The van der Waals surface area contributed by atoms with E-state index in [0.717, 1.165) is 25.7 Å². The Labute approximate surface area is 127 Å². The first-order valence-corrected chi connectivity index (χ1v) is 8.12. The van der Waals surface area contributed by atoms with Crippen molar-refractivity contribution >= 4 is 12.0 Å². The van der Waals surface area contributed by atoms with E-state index in [1.807, 2.05) is 6.92 Å². The van der Waals surface area contributed by atoms with Crippen LogP contribution in [0.1, 0.15) is 65.7 Å². The molecular weight excluding hydrogens is 268 g/mol. The summed E-state index contributed by atoms with van der Waals surface area (Å²) in [6, 6.07) is -0.0235. The summed E-state index contributed by atoms with van der Waals surface area (Å²) in [5, 5.41) is 12.6.